The highest BCUT2D eigenvalue weighted by Crippen LogP contribution is 2.22. The van der Waals surface area contributed by atoms with Crippen LogP contribution in [-0.2, 0) is 9.53 Å². The van der Waals surface area contributed by atoms with Crippen LogP contribution >= 0.6 is 11.8 Å². The Morgan fingerprint density at radius 2 is 2.17 bits per heavy atom. The van der Waals surface area contributed by atoms with Crippen LogP contribution in [0.2, 0.25) is 0 Å². The number of thioether (sulfide) groups is 1. The van der Waals surface area contributed by atoms with Gasteiger partial charge in [0.05, 0.1) is 5.69 Å². The minimum Gasteiger partial charge on any atom is -0.454 e. The Balaban J connectivity index is 2.00. The van der Waals surface area contributed by atoms with Crippen LogP contribution in [0.4, 0.5) is 0 Å². The van der Waals surface area contributed by atoms with E-state index >= 15 is 0 Å². The lowest BCUT2D eigenvalue weighted by Crippen LogP contribution is -1.96. The molecule has 1 aromatic heterocycles. The Bertz CT molecular complexity index is 511. The standard InChI is InChI=1S/C14H12NO2S/c1-11(16)17-10-18-13-7-5-12(6-8-13)14-4-2-3-9-15-14/h3-9H,10H2,1H3. The number of pyridine rings is 1. The van der Waals surface area contributed by atoms with Crippen molar-refractivity contribution in [1.29, 1.82) is 0 Å². The van der Waals surface area contributed by atoms with Gasteiger partial charge in [-0.3, -0.25) is 9.78 Å². The largest absolute Gasteiger partial charge is 0.454 e. The van der Waals surface area contributed by atoms with E-state index in [1.165, 1.54) is 18.7 Å². The molecule has 0 N–H and O–H groups in total. The number of hydrogen-bond acceptors (Lipinski definition) is 4. The van der Waals surface area contributed by atoms with Crippen LogP contribution in [0.5, 0.6) is 0 Å². The zero-order valence-electron chi connectivity index (χ0n) is 9.92. The van der Waals surface area contributed by atoms with Gasteiger partial charge in [-0.25, -0.2) is 0 Å². The Kier molecular flexibility index (Phi) is 4.36. The summed E-state index contributed by atoms with van der Waals surface area (Å²) in [5, 5.41) is 0. The molecule has 0 aliphatic heterocycles. The van der Waals surface area contributed by atoms with Crippen molar-refractivity contribution in [2.24, 2.45) is 0 Å². The molecular formula is C14H12NO2S. The highest BCUT2D eigenvalue weighted by atomic mass is 32.2. The molecule has 0 atom stereocenters. The molecular weight excluding hydrogens is 246 g/mol. The minimum atomic E-state index is -0.261. The molecule has 0 saturated carbocycles. The van der Waals surface area contributed by atoms with E-state index in [1.54, 1.807) is 12.3 Å². The van der Waals surface area contributed by atoms with Crippen LogP contribution in [-0.4, -0.2) is 16.9 Å². The smallest absolute Gasteiger partial charge is 0.303 e. The monoisotopic (exact) mass is 258 g/mol. The van der Waals surface area contributed by atoms with Gasteiger partial charge in [0.25, 0.3) is 0 Å². The summed E-state index contributed by atoms with van der Waals surface area (Å²) in [7, 11) is 0. The maximum absolute atomic E-state index is 10.6. The zero-order chi connectivity index (χ0) is 12.8. The van der Waals surface area contributed by atoms with Crippen molar-refractivity contribution in [3.05, 3.63) is 48.7 Å². The van der Waals surface area contributed by atoms with Gasteiger partial charge in [-0.2, -0.15) is 0 Å². The van der Waals surface area contributed by atoms with Gasteiger partial charge < -0.3 is 4.74 Å². The summed E-state index contributed by atoms with van der Waals surface area (Å²) < 4.78 is 4.87. The van der Waals surface area contributed by atoms with Gasteiger partial charge in [-0.1, -0.05) is 23.9 Å². The summed E-state index contributed by atoms with van der Waals surface area (Å²) in [6, 6.07) is 14.6. The SMILES string of the molecule is CC(=O)OCSc1ccc(-c2c[c]ccn2)cc1. The van der Waals surface area contributed by atoms with Crippen molar-refractivity contribution >= 4 is 17.7 Å². The third-order valence-electron chi connectivity index (χ3n) is 2.24. The van der Waals surface area contributed by atoms with Gasteiger partial charge in [0.15, 0.2) is 0 Å². The van der Waals surface area contributed by atoms with Gasteiger partial charge >= 0.3 is 5.97 Å². The minimum absolute atomic E-state index is 0.261. The van der Waals surface area contributed by atoms with E-state index in [1.807, 2.05) is 30.3 Å². The van der Waals surface area contributed by atoms with Crippen molar-refractivity contribution in [3.63, 3.8) is 0 Å². The molecule has 0 spiro atoms. The van der Waals surface area contributed by atoms with E-state index in [2.05, 4.69) is 11.1 Å². The van der Waals surface area contributed by atoms with Crippen molar-refractivity contribution in [1.82, 2.24) is 4.98 Å². The average Bonchev–Trinajstić information content (AvgIpc) is 2.40. The lowest BCUT2D eigenvalue weighted by molar-refractivity contribution is -0.138. The molecule has 2 aromatic rings. The molecule has 91 valence electrons. The van der Waals surface area contributed by atoms with Gasteiger partial charge in [0.1, 0.15) is 5.94 Å². The summed E-state index contributed by atoms with van der Waals surface area (Å²) in [4.78, 5) is 15.9. The maximum atomic E-state index is 10.6. The number of esters is 1. The lowest BCUT2D eigenvalue weighted by Gasteiger charge is -2.04. The van der Waals surface area contributed by atoms with Crippen molar-refractivity contribution in [2.75, 3.05) is 5.94 Å². The number of hydrogen-bond donors (Lipinski definition) is 0. The highest BCUT2D eigenvalue weighted by Gasteiger charge is 2.00. The number of carbonyl (C=O) groups is 1. The van der Waals surface area contributed by atoms with E-state index in [-0.39, 0.29) is 5.97 Å². The maximum Gasteiger partial charge on any atom is 0.303 e. The second-order valence-corrected chi connectivity index (χ2v) is 4.56. The van der Waals surface area contributed by atoms with Crippen LogP contribution in [0.25, 0.3) is 11.3 Å². The molecule has 1 radical (unpaired) electrons. The van der Waals surface area contributed by atoms with Gasteiger partial charge in [-0.15, -0.1) is 0 Å². The molecule has 1 heterocycles. The third-order valence-corrected chi connectivity index (χ3v) is 3.08. The third kappa shape index (κ3) is 3.60. The molecule has 2 rings (SSSR count). The second kappa shape index (κ2) is 6.21. The average molecular weight is 258 g/mol. The molecule has 0 fully saturated rings. The summed E-state index contributed by atoms with van der Waals surface area (Å²) in [6.45, 7) is 1.40. The van der Waals surface area contributed by atoms with Crippen LogP contribution in [0.1, 0.15) is 6.92 Å². The Labute approximate surface area is 110 Å². The number of ether oxygens (including phenoxy) is 1. The molecule has 0 aliphatic rings. The summed E-state index contributed by atoms with van der Waals surface area (Å²) >= 11 is 1.48. The highest BCUT2D eigenvalue weighted by molar-refractivity contribution is 7.99. The van der Waals surface area contributed by atoms with E-state index in [9.17, 15) is 4.79 Å². The van der Waals surface area contributed by atoms with Crippen LogP contribution in [0.15, 0.2) is 47.5 Å². The Morgan fingerprint density at radius 1 is 1.39 bits per heavy atom. The van der Waals surface area contributed by atoms with E-state index in [0.29, 0.717) is 5.94 Å². The first-order valence-corrected chi connectivity index (χ1v) is 6.43. The van der Waals surface area contributed by atoms with Crippen LogP contribution < -0.4 is 0 Å². The van der Waals surface area contributed by atoms with Gasteiger partial charge in [0, 0.05) is 23.6 Å². The lowest BCUT2D eigenvalue weighted by atomic mass is 10.1. The van der Waals surface area contributed by atoms with E-state index in [0.717, 1.165) is 16.2 Å². The molecule has 18 heavy (non-hydrogen) atoms. The van der Waals surface area contributed by atoms with Crippen molar-refractivity contribution < 1.29 is 9.53 Å². The first-order valence-electron chi connectivity index (χ1n) is 5.44. The molecule has 3 nitrogen and oxygen atoms in total. The quantitative estimate of drug-likeness (QED) is 0.480. The predicted molar refractivity (Wildman–Crippen MR) is 71.0 cm³/mol. The van der Waals surface area contributed by atoms with Crippen molar-refractivity contribution in [2.45, 2.75) is 11.8 Å². The summed E-state index contributed by atoms with van der Waals surface area (Å²) in [6.07, 6.45) is 1.72. The number of aromatic nitrogens is 1. The molecule has 0 bridgehead atoms. The van der Waals surface area contributed by atoms with Crippen LogP contribution in [0, 0.1) is 6.07 Å². The van der Waals surface area contributed by atoms with Gasteiger partial charge in [-0.05, 0) is 30.3 Å². The van der Waals surface area contributed by atoms with E-state index in [4.69, 9.17) is 4.74 Å². The molecule has 0 unspecified atom stereocenters. The Hall–Kier alpha value is -1.81. The second-order valence-electron chi connectivity index (χ2n) is 3.56. The fourth-order valence-corrected chi connectivity index (χ4v) is 2.07. The first-order chi connectivity index (χ1) is 8.75. The normalized spacial score (nSPS) is 10.1. The number of carbonyl (C=O) groups excluding carboxylic acids is 1. The summed E-state index contributed by atoms with van der Waals surface area (Å²) in [5.74, 6) is 0.0784. The predicted octanol–water partition coefficient (Wildman–Crippen LogP) is 3.16. The molecule has 0 amide bonds. The number of nitrogens with zero attached hydrogens (tertiary/aromatic N) is 1. The molecule has 0 saturated heterocycles. The van der Waals surface area contributed by atoms with E-state index < -0.39 is 0 Å². The summed E-state index contributed by atoms with van der Waals surface area (Å²) in [5.41, 5.74) is 1.94. The van der Waals surface area contributed by atoms with Crippen LogP contribution in [0.3, 0.4) is 0 Å². The number of benzene rings is 1. The van der Waals surface area contributed by atoms with Gasteiger partial charge in [0.2, 0.25) is 0 Å². The zero-order valence-corrected chi connectivity index (χ0v) is 10.7. The fraction of sp³-hybridized carbons (Fsp3) is 0.143. The first kappa shape index (κ1) is 12.6. The topological polar surface area (TPSA) is 39.2 Å². The molecule has 4 heteroatoms. The number of rotatable bonds is 4. The van der Waals surface area contributed by atoms with Crippen molar-refractivity contribution in [3.8, 4) is 11.3 Å². The Morgan fingerprint density at radius 3 is 2.78 bits per heavy atom. The molecule has 0 aliphatic carbocycles. The fourth-order valence-electron chi connectivity index (χ4n) is 1.39. The molecule has 1 aromatic carbocycles.